The second-order valence-electron chi connectivity index (χ2n) is 7.94. The maximum atomic E-state index is 14.6. The summed E-state index contributed by atoms with van der Waals surface area (Å²) in [7, 11) is 0. The van der Waals surface area contributed by atoms with E-state index in [9.17, 15) is 9.18 Å². The zero-order chi connectivity index (χ0) is 21.5. The lowest BCUT2D eigenvalue weighted by Gasteiger charge is -2.19. The zero-order valence-corrected chi connectivity index (χ0v) is 17.8. The van der Waals surface area contributed by atoms with Crippen molar-refractivity contribution in [3.63, 3.8) is 0 Å². The van der Waals surface area contributed by atoms with E-state index in [2.05, 4.69) is 0 Å². The summed E-state index contributed by atoms with van der Waals surface area (Å²) in [5.74, 6) is 0.414. The predicted molar refractivity (Wildman–Crippen MR) is 121 cm³/mol. The molecule has 1 fully saturated rings. The van der Waals surface area contributed by atoms with E-state index in [1.165, 1.54) is 6.07 Å². The van der Waals surface area contributed by atoms with Crippen molar-refractivity contribution >= 4 is 34.2 Å². The number of imidazole rings is 1. The number of hydrogen-bond acceptors (Lipinski definition) is 2. The van der Waals surface area contributed by atoms with Gasteiger partial charge in [-0.25, -0.2) is 9.37 Å². The molecular formula is C25H21ClFN3O. The molecule has 0 N–H and O–H groups in total. The Morgan fingerprint density at radius 2 is 1.84 bits per heavy atom. The number of halogens is 2. The van der Waals surface area contributed by atoms with E-state index in [1.807, 2.05) is 64.9 Å². The molecule has 1 saturated heterocycles. The number of aromatic nitrogens is 2. The molecule has 31 heavy (non-hydrogen) atoms. The first-order valence-corrected chi connectivity index (χ1v) is 10.6. The number of hydrogen-bond donors (Lipinski definition) is 0. The molecule has 1 aliphatic heterocycles. The van der Waals surface area contributed by atoms with Crippen molar-refractivity contribution in [1.29, 1.82) is 0 Å². The molecule has 0 radical (unpaired) electrons. The molecule has 0 aliphatic carbocycles. The van der Waals surface area contributed by atoms with Gasteiger partial charge >= 0.3 is 0 Å². The topological polar surface area (TPSA) is 38.1 Å². The zero-order valence-electron chi connectivity index (χ0n) is 17.1. The normalized spacial score (nSPS) is 16.4. The third-order valence-electron chi connectivity index (χ3n) is 5.96. The van der Waals surface area contributed by atoms with Gasteiger partial charge in [-0.15, -0.1) is 0 Å². The summed E-state index contributed by atoms with van der Waals surface area (Å²) in [6, 6.07) is 20.4. The Labute approximate surface area is 184 Å². The second kappa shape index (κ2) is 7.82. The van der Waals surface area contributed by atoms with E-state index >= 15 is 0 Å². The molecule has 2 heterocycles. The second-order valence-corrected chi connectivity index (χ2v) is 8.34. The van der Waals surface area contributed by atoms with Crippen LogP contribution in [0.4, 0.5) is 10.1 Å². The van der Waals surface area contributed by atoms with Crippen molar-refractivity contribution in [2.45, 2.75) is 25.8 Å². The van der Waals surface area contributed by atoms with Crippen LogP contribution < -0.4 is 4.90 Å². The lowest BCUT2D eigenvalue weighted by Crippen LogP contribution is -2.25. The van der Waals surface area contributed by atoms with Crippen LogP contribution >= 0.6 is 11.6 Å². The van der Waals surface area contributed by atoms with Crippen molar-refractivity contribution < 1.29 is 9.18 Å². The number of nitrogens with zero attached hydrogens (tertiary/aromatic N) is 3. The van der Waals surface area contributed by atoms with E-state index in [0.29, 0.717) is 23.6 Å². The molecule has 1 unspecified atom stereocenters. The number of anilines is 1. The van der Waals surface area contributed by atoms with Gasteiger partial charge in [0.1, 0.15) is 11.6 Å². The Balaban J connectivity index is 1.57. The van der Waals surface area contributed by atoms with Crippen LogP contribution in [0.5, 0.6) is 0 Å². The maximum Gasteiger partial charge on any atom is 0.227 e. The molecule has 5 rings (SSSR count). The van der Waals surface area contributed by atoms with Gasteiger partial charge in [-0.3, -0.25) is 4.79 Å². The van der Waals surface area contributed by atoms with Gasteiger partial charge in [-0.05, 0) is 42.8 Å². The van der Waals surface area contributed by atoms with Gasteiger partial charge in [0.05, 0.1) is 17.6 Å². The quantitative estimate of drug-likeness (QED) is 0.413. The van der Waals surface area contributed by atoms with Gasteiger partial charge in [0.25, 0.3) is 0 Å². The molecule has 1 aliphatic rings. The first-order valence-electron chi connectivity index (χ1n) is 10.3. The molecule has 3 aromatic carbocycles. The minimum absolute atomic E-state index is 0.0711. The van der Waals surface area contributed by atoms with Crippen LogP contribution in [0.15, 0.2) is 66.7 Å². The molecule has 0 bridgehead atoms. The van der Waals surface area contributed by atoms with Crippen molar-refractivity contribution in [1.82, 2.24) is 9.55 Å². The fourth-order valence-electron chi connectivity index (χ4n) is 4.39. The van der Waals surface area contributed by atoms with Crippen molar-refractivity contribution in [2.24, 2.45) is 0 Å². The summed E-state index contributed by atoms with van der Waals surface area (Å²) in [5, 5.41) is 0.382. The third kappa shape index (κ3) is 3.49. The molecule has 4 nitrogen and oxygen atoms in total. The van der Waals surface area contributed by atoms with Crippen LogP contribution in [-0.4, -0.2) is 22.0 Å². The highest BCUT2D eigenvalue weighted by Crippen LogP contribution is 2.35. The number of amides is 1. The number of benzene rings is 3. The summed E-state index contributed by atoms with van der Waals surface area (Å²) >= 11 is 6.32. The van der Waals surface area contributed by atoms with E-state index in [0.717, 1.165) is 28.1 Å². The molecule has 0 saturated carbocycles. The molecule has 6 heteroatoms. The molecule has 0 spiro atoms. The van der Waals surface area contributed by atoms with E-state index in [-0.39, 0.29) is 24.2 Å². The summed E-state index contributed by atoms with van der Waals surface area (Å²) in [4.78, 5) is 19.6. The Kier molecular flexibility index (Phi) is 4.98. The van der Waals surface area contributed by atoms with Crippen LogP contribution in [0.3, 0.4) is 0 Å². The van der Waals surface area contributed by atoms with Crippen LogP contribution in [-0.2, 0) is 11.3 Å². The lowest BCUT2D eigenvalue weighted by atomic mass is 10.1. The Morgan fingerprint density at radius 3 is 2.65 bits per heavy atom. The monoisotopic (exact) mass is 433 g/mol. The number of carbonyl (C=O) groups is 1. The summed E-state index contributed by atoms with van der Waals surface area (Å²) in [6.07, 6.45) is 0.364. The number of rotatable bonds is 4. The van der Waals surface area contributed by atoms with Gasteiger partial charge < -0.3 is 9.47 Å². The highest BCUT2D eigenvalue weighted by atomic mass is 35.5. The fourth-order valence-corrected chi connectivity index (χ4v) is 4.62. The van der Waals surface area contributed by atoms with Crippen LogP contribution in [0.25, 0.3) is 11.0 Å². The lowest BCUT2D eigenvalue weighted by molar-refractivity contribution is -0.117. The minimum atomic E-state index is -0.347. The third-order valence-corrected chi connectivity index (χ3v) is 6.31. The maximum absolute atomic E-state index is 14.6. The molecule has 1 amide bonds. The molecular weight excluding hydrogens is 413 g/mol. The Morgan fingerprint density at radius 1 is 1.06 bits per heavy atom. The van der Waals surface area contributed by atoms with E-state index in [1.54, 1.807) is 12.1 Å². The highest BCUT2D eigenvalue weighted by Gasteiger charge is 2.35. The predicted octanol–water partition coefficient (Wildman–Crippen LogP) is 5.71. The van der Waals surface area contributed by atoms with Crippen molar-refractivity contribution in [3.05, 3.63) is 94.5 Å². The van der Waals surface area contributed by atoms with Crippen molar-refractivity contribution in [2.75, 3.05) is 11.4 Å². The van der Waals surface area contributed by atoms with Gasteiger partial charge in [0, 0.05) is 35.2 Å². The van der Waals surface area contributed by atoms with Gasteiger partial charge in [0.2, 0.25) is 5.91 Å². The molecule has 4 aromatic rings. The van der Waals surface area contributed by atoms with Crippen LogP contribution in [0.2, 0.25) is 5.02 Å². The largest absolute Gasteiger partial charge is 0.323 e. The first kappa shape index (κ1) is 19.8. The Bertz CT molecular complexity index is 1280. The van der Waals surface area contributed by atoms with Gasteiger partial charge in [-0.2, -0.15) is 0 Å². The summed E-state index contributed by atoms with van der Waals surface area (Å²) in [5.41, 5.74) is 4.14. The average Bonchev–Trinajstić information content (AvgIpc) is 3.32. The smallest absolute Gasteiger partial charge is 0.227 e. The Hall–Kier alpha value is -3.18. The standard InChI is InChI=1S/C25H21ClFN3O/c1-16-7-2-4-11-22(16)29-14-17(13-24(29)31)25-28-21-10-3-5-12-23(21)30(25)15-18-19(26)8-6-9-20(18)27/h2-12,17H,13-15H2,1H3. The minimum Gasteiger partial charge on any atom is -0.323 e. The van der Waals surface area contributed by atoms with E-state index < -0.39 is 0 Å². The van der Waals surface area contributed by atoms with Crippen LogP contribution in [0.1, 0.15) is 29.3 Å². The number of para-hydroxylation sites is 3. The number of fused-ring (bicyclic) bond motifs is 1. The fraction of sp³-hybridized carbons (Fsp3) is 0.200. The SMILES string of the molecule is Cc1ccccc1N1CC(c2nc3ccccc3n2Cc2c(F)cccc2Cl)CC1=O. The molecule has 1 aromatic heterocycles. The van der Waals surface area contributed by atoms with Crippen LogP contribution in [0, 0.1) is 12.7 Å². The van der Waals surface area contributed by atoms with E-state index in [4.69, 9.17) is 16.6 Å². The van der Waals surface area contributed by atoms with Gasteiger partial charge in [-0.1, -0.05) is 48.0 Å². The van der Waals surface area contributed by atoms with Gasteiger partial charge in [0.15, 0.2) is 0 Å². The average molecular weight is 434 g/mol. The number of carbonyl (C=O) groups excluding carboxylic acids is 1. The first-order chi connectivity index (χ1) is 15.0. The summed E-state index contributed by atoms with van der Waals surface area (Å²) in [6.45, 7) is 2.81. The summed E-state index contributed by atoms with van der Waals surface area (Å²) < 4.78 is 16.6. The molecule has 156 valence electrons. The van der Waals surface area contributed by atoms with Crippen molar-refractivity contribution in [3.8, 4) is 0 Å². The molecule has 1 atom stereocenters. The highest BCUT2D eigenvalue weighted by molar-refractivity contribution is 6.31. The number of aryl methyl sites for hydroxylation is 1.